The van der Waals surface area contributed by atoms with Crippen molar-refractivity contribution in [2.75, 3.05) is 11.9 Å². The first-order chi connectivity index (χ1) is 16.0. The Morgan fingerprint density at radius 1 is 1.00 bits per heavy atom. The van der Waals surface area contributed by atoms with Crippen molar-refractivity contribution in [3.63, 3.8) is 0 Å². The quantitative estimate of drug-likeness (QED) is 0.446. The van der Waals surface area contributed by atoms with Crippen LogP contribution in [0.5, 0.6) is 0 Å². The highest BCUT2D eigenvalue weighted by molar-refractivity contribution is 7.10. The summed E-state index contributed by atoms with van der Waals surface area (Å²) < 4.78 is 0. The lowest BCUT2D eigenvalue weighted by atomic mass is 9.80. The smallest absolute Gasteiger partial charge is 0.322 e. The van der Waals surface area contributed by atoms with Crippen molar-refractivity contribution in [3.8, 4) is 0 Å². The molecule has 1 saturated heterocycles. The molecule has 1 atom stereocenters. The first-order valence-electron chi connectivity index (χ1n) is 10.7. The Labute approximate surface area is 194 Å². The van der Waals surface area contributed by atoms with E-state index in [0.29, 0.717) is 23.2 Å². The van der Waals surface area contributed by atoms with Crippen molar-refractivity contribution in [3.05, 3.63) is 87.6 Å². The lowest BCUT2D eigenvalue weighted by Crippen LogP contribution is -2.46. The molecule has 166 valence electrons. The first kappa shape index (κ1) is 21.1. The van der Waals surface area contributed by atoms with Crippen LogP contribution in [0.1, 0.15) is 44.0 Å². The van der Waals surface area contributed by atoms with Gasteiger partial charge in [0.05, 0.1) is 6.54 Å². The van der Waals surface area contributed by atoms with Gasteiger partial charge in [-0.05, 0) is 67.1 Å². The van der Waals surface area contributed by atoms with E-state index < -0.39 is 11.6 Å². The molecule has 2 aliphatic rings. The van der Waals surface area contributed by atoms with Crippen LogP contribution in [0.15, 0.2) is 66.0 Å². The molecule has 5 rings (SSSR count). The molecule has 2 N–H and O–H groups in total. The molecule has 1 spiro atoms. The zero-order valence-corrected chi connectivity index (χ0v) is 18.5. The summed E-state index contributed by atoms with van der Waals surface area (Å²) in [6.07, 6.45) is 2.23. The number of anilines is 1. The number of carbonyl (C=O) groups excluding carboxylic acids is 4. The molecule has 0 saturated carbocycles. The fourth-order valence-corrected chi connectivity index (χ4v) is 5.45. The number of Topliss-reactive ketones (excluding diaryl/α,β-unsaturated/α-hetero) is 1. The molecule has 33 heavy (non-hydrogen) atoms. The van der Waals surface area contributed by atoms with Gasteiger partial charge in [0, 0.05) is 27.3 Å². The average molecular weight is 460 g/mol. The predicted molar refractivity (Wildman–Crippen MR) is 124 cm³/mol. The van der Waals surface area contributed by atoms with E-state index in [4.69, 9.17) is 0 Å². The minimum absolute atomic E-state index is 0.250. The summed E-state index contributed by atoms with van der Waals surface area (Å²) in [5, 5.41) is 7.57. The molecule has 7 nitrogen and oxygen atoms in total. The number of hydrogen-bond acceptors (Lipinski definition) is 5. The summed E-state index contributed by atoms with van der Waals surface area (Å²) in [5.41, 5.74) is 1.22. The van der Waals surface area contributed by atoms with Gasteiger partial charge in [0.1, 0.15) is 5.54 Å². The third-order valence-electron chi connectivity index (χ3n) is 6.14. The average Bonchev–Trinajstić information content (AvgIpc) is 3.40. The summed E-state index contributed by atoms with van der Waals surface area (Å²) in [6.45, 7) is -0.332. The summed E-state index contributed by atoms with van der Waals surface area (Å²) in [6, 6.07) is 16.6. The second-order valence-corrected chi connectivity index (χ2v) is 9.16. The van der Waals surface area contributed by atoms with E-state index in [1.54, 1.807) is 59.9 Å². The number of fused-ring (bicyclic) bond motifs is 2. The maximum atomic E-state index is 13.3. The van der Waals surface area contributed by atoms with E-state index in [9.17, 15) is 19.2 Å². The highest BCUT2D eigenvalue weighted by Crippen LogP contribution is 2.42. The standard InChI is InChI=1S/C25H21N3O4S/c29-20(16-8-10-18(11-9-16)26-22(30)17-5-2-1-3-6-17)15-28-23(31)25(27-24(28)32)13-4-7-21-19(25)12-14-33-21/h1-3,5-6,8-12,14H,4,7,13,15H2,(H,26,30)(H,27,32). The number of aryl methyl sites for hydroxylation is 1. The van der Waals surface area contributed by atoms with Crippen molar-refractivity contribution >= 4 is 40.7 Å². The lowest BCUT2D eigenvalue weighted by Gasteiger charge is -2.31. The van der Waals surface area contributed by atoms with Crippen LogP contribution < -0.4 is 10.6 Å². The molecule has 2 aromatic carbocycles. The van der Waals surface area contributed by atoms with Gasteiger partial charge in [0.15, 0.2) is 5.78 Å². The molecule has 1 aromatic heterocycles. The topological polar surface area (TPSA) is 95.6 Å². The fraction of sp³-hybridized carbons (Fsp3) is 0.200. The van der Waals surface area contributed by atoms with Crippen LogP contribution in [0, 0.1) is 0 Å². The Morgan fingerprint density at radius 3 is 2.52 bits per heavy atom. The normalized spacial score (nSPS) is 19.3. The summed E-state index contributed by atoms with van der Waals surface area (Å²) in [7, 11) is 0. The monoisotopic (exact) mass is 459 g/mol. The summed E-state index contributed by atoms with van der Waals surface area (Å²) >= 11 is 1.59. The first-order valence-corrected chi connectivity index (χ1v) is 11.6. The maximum Gasteiger partial charge on any atom is 0.325 e. The van der Waals surface area contributed by atoms with Gasteiger partial charge in [0.25, 0.3) is 11.8 Å². The number of ketones is 1. The van der Waals surface area contributed by atoms with Crippen molar-refractivity contribution < 1.29 is 19.2 Å². The van der Waals surface area contributed by atoms with E-state index in [0.717, 1.165) is 28.2 Å². The molecule has 1 aliphatic carbocycles. The van der Waals surface area contributed by atoms with Gasteiger partial charge in [-0.1, -0.05) is 18.2 Å². The molecule has 1 aliphatic heterocycles. The zero-order chi connectivity index (χ0) is 23.0. The predicted octanol–water partition coefficient (Wildman–Crippen LogP) is 3.97. The highest BCUT2D eigenvalue weighted by Gasteiger charge is 2.54. The van der Waals surface area contributed by atoms with E-state index in [2.05, 4.69) is 10.6 Å². The van der Waals surface area contributed by atoms with Gasteiger partial charge >= 0.3 is 6.03 Å². The van der Waals surface area contributed by atoms with E-state index >= 15 is 0 Å². The zero-order valence-electron chi connectivity index (χ0n) is 17.7. The maximum absolute atomic E-state index is 13.3. The molecule has 2 heterocycles. The largest absolute Gasteiger partial charge is 0.325 e. The number of nitrogens with zero attached hydrogens (tertiary/aromatic N) is 1. The number of benzene rings is 2. The van der Waals surface area contributed by atoms with Crippen LogP contribution in [0.25, 0.3) is 0 Å². The van der Waals surface area contributed by atoms with Gasteiger partial charge in [-0.25, -0.2) is 4.79 Å². The third-order valence-corrected chi connectivity index (χ3v) is 7.12. The van der Waals surface area contributed by atoms with Crippen molar-refractivity contribution in [2.45, 2.75) is 24.8 Å². The molecule has 0 radical (unpaired) electrons. The SMILES string of the molecule is O=C(CN1C(=O)NC2(CCCc3sccc32)C1=O)c1ccc(NC(=O)c2ccccc2)cc1. The van der Waals surface area contributed by atoms with Crippen molar-refractivity contribution in [1.29, 1.82) is 0 Å². The Kier molecular flexibility index (Phi) is 5.30. The number of carbonyl (C=O) groups is 4. The Morgan fingerprint density at radius 2 is 1.76 bits per heavy atom. The summed E-state index contributed by atoms with van der Waals surface area (Å²) in [4.78, 5) is 53.2. The van der Waals surface area contributed by atoms with Crippen LogP contribution >= 0.6 is 11.3 Å². The van der Waals surface area contributed by atoms with E-state index in [-0.39, 0.29) is 24.1 Å². The molecule has 0 bridgehead atoms. The molecule has 8 heteroatoms. The van der Waals surface area contributed by atoms with Crippen LogP contribution in [0.2, 0.25) is 0 Å². The second-order valence-electron chi connectivity index (χ2n) is 8.16. The molecular weight excluding hydrogens is 438 g/mol. The molecule has 4 amide bonds. The highest BCUT2D eigenvalue weighted by atomic mass is 32.1. The minimum atomic E-state index is -1.06. The van der Waals surface area contributed by atoms with E-state index in [1.807, 2.05) is 17.5 Å². The third kappa shape index (κ3) is 3.72. The number of imide groups is 1. The van der Waals surface area contributed by atoms with Gasteiger partial charge in [0.2, 0.25) is 0 Å². The van der Waals surface area contributed by atoms with Crippen LogP contribution in [0.3, 0.4) is 0 Å². The number of amides is 4. The fourth-order valence-electron chi connectivity index (χ4n) is 4.45. The molecule has 1 fully saturated rings. The van der Waals surface area contributed by atoms with Gasteiger partial charge < -0.3 is 10.6 Å². The number of thiophene rings is 1. The Balaban J connectivity index is 1.28. The molecule has 3 aromatic rings. The Hall–Kier alpha value is -3.78. The number of hydrogen-bond donors (Lipinski definition) is 2. The number of urea groups is 1. The number of nitrogens with one attached hydrogen (secondary N) is 2. The molecule has 1 unspecified atom stereocenters. The van der Waals surface area contributed by atoms with Crippen molar-refractivity contribution in [2.24, 2.45) is 0 Å². The second kappa shape index (κ2) is 8.29. The Bertz CT molecular complexity index is 1250. The molecular formula is C25H21N3O4S. The van der Waals surface area contributed by atoms with Crippen molar-refractivity contribution in [1.82, 2.24) is 10.2 Å². The van der Waals surface area contributed by atoms with Gasteiger partial charge in [-0.3, -0.25) is 19.3 Å². The minimum Gasteiger partial charge on any atom is -0.322 e. The van der Waals surface area contributed by atoms with Crippen LogP contribution in [-0.2, 0) is 16.8 Å². The van der Waals surface area contributed by atoms with Gasteiger partial charge in [-0.15, -0.1) is 11.3 Å². The van der Waals surface area contributed by atoms with E-state index in [1.165, 1.54) is 0 Å². The van der Waals surface area contributed by atoms with Gasteiger partial charge in [-0.2, -0.15) is 0 Å². The lowest BCUT2D eigenvalue weighted by molar-refractivity contribution is -0.131. The van der Waals surface area contributed by atoms with Crippen LogP contribution in [-0.4, -0.2) is 35.1 Å². The van der Waals surface area contributed by atoms with Crippen LogP contribution in [0.4, 0.5) is 10.5 Å². The number of rotatable bonds is 5. The summed E-state index contributed by atoms with van der Waals surface area (Å²) in [5.74, 6) is -0.968.